The number of amides is 1. The molecule has 0 spiro atoms. The number of halogens is 1. The number of benzene rings is 2. The summed E-state index contributed by atoms with van der Waals surface area (Å²) in [6.45, 7) is 2.87. The van der Waals surface area contributed by atoms with E-state index in [1.54, 1.807) is 7.11 Å². The highest BCUT2D eigenvalue weighted by atomic mass is 35.5. The van der Waals surface area contributed by atoms with Crippen LogP contribution in [0.25, 0.3) is 10.8 Å². The van der Waals surface area contributed by atoms with E-state index < -0.39 is 0 Å². The first-order valence-corrected chi connectivity index (χ1v) is 7.24. The average Bonchev–Trinajstić information content (AvgIpc) is 2.51. The Kier molecular flexibility index (Phi) is 8.51. The molecule has 2 aromatic carbocycles. The monoisotopic (exact) mass is 322 g/mol. The van der Waals surface area contributed by atoms with Crippen molar-refractivity contribution in [3.8, 4) is 0 Å². The number of methoxy groups -OCH3 is 1. The van der Waals surface area contributed by atoms with Crippen molar-refractivity contribution in [1.82, 2.24) is 10.6 Å². The molecule has 0 saturated heterocycles. The highest BCUT2D eigenvalue weighted by molar-refractivity contribution is 5.90. The molecule has 2 N–H and O–H groups in total. The number of hydrogen-bond donors (Lipinski definition) is 2. The van der Waals surface area contributed by atoms with E-state index >= 15 is 0 Å². The lowest BCUT2D eigenvalue weighted by Gasteiger charge is -2.08. The summed E-state index contributed by atoms with van der Waals surface area (Å²) in [4.78, 5) is 12.0. The van der Waals surface area contributed by atoms with Crippen LogP contribution in [0.5, 0.6) is 0 Å². The van der Waals surface area contributed by atoms with Gasteiger partial charge in [-0.05, 0) is 16.3 Å². The maximum atomic E-state index is 12.0. The fraction of sp³-hybridized carbons (Fsp3) is 0.353. The maximum absolute atomic E-state index is 12.0. The van der Waals surface area contributed by atoms with Gasteiger partial charge in [0, 0.05) is 26.7 Å². The summed E-state index contributed by atoms with van der Waals surface area (Å²) in [5.41, 5.74) is 1.07. The van der Waals surface area contributed by atoms with Crippen LogP contribution in [0, 0.1) is 0 Å². The topological polar surface area (TPSA) is 50.4 Å². The van der Waals surface area contributed by atoms with Gasteiger partial charge in [0.15, 0.2) is 0 Å². The Morgan fingerprint density at radius 3 is 2.64 bits per heavy atom. The molecule has 2 rings (SSSR count). The van der Waals surface area contributed by atoms with Gasteiger partial charge < -0.3 is 15.4 Å². The molecular weight excluding hydrogens is 300 g/mol. The summed E-state index contributed by atoms with van der Waals surface area (Å²) >= 11 is 0. The minimum Gasteiger partial charge on any atom is -0.383 e. The highest BCUT2D eigenvalue weighted by Gasteiger charge is 2.06. The first kappa shape index (κ1) is 18.4. The van der Waals surface area contributed by atoms with Crippen molar-refractivity contribution in [3.63, 3.8) is 0 Å². The number of rotatable bonds is 8. The molecule has 0 aromatic heterocycles. The zero-order chi connectivity index (χ0) is 14.9. The van der Waals surface area contributed by atoms with Crippen LogP contribution in [0.4, 0.5) is 0 Å². The Labute approximate surface area is 137 Å². The Morgan fingerprint density at radius 2 is 1.82 bits per heavy atom. The quantitative estimate of drug-likeness (QED) is 0.732. The van der Waals surface area contributed by atoms with Gasteiger partial charge in [0.25, 0.3) is 0 Å². The van der Waals surface area contributed by atoms with Gasteiger partial charge >= 0.3 is 0 Å². The third-order valence-electron chi connectivity index (χ3n) is 3.34. The number of ether oxygens (including phenoxy) is 1. The Hall–Kier alpha value is -1.62. The lowest BCUT2D eigenvalue weighted by atomic mass is 10.0. The minimum atomic E-state index is 0. The van der Waals surface area contributed by atoms with Crippen LogP contribution in [0.1, 0.15) is 5.56 Å². The van der Waals surface area contributed by atoms with Crippen LogP contribution < -0.4 is 10.6 Å². The molecule has 5 heteroatoms. The molecule has 0 bridgehead atoms. The van der Waals surface area contributed by atoms with Crippen LogP contribution in [0.15, 0.2) is 42.5 Å². The zero-order valence-electron chi connectivity index (χ0n) is 12.8. The van der Waals surface area contributed by atoms with Crippen molar-refractivity contribution < 1.29 is 9.53 Å². The summed E-state index contributed by atoms with van der Waals surface area (Å²) in [5.74, 6) is 0.0555. The van der Waals surface area contributed by atoms with Gasteiger partial charge in [0.2, 0.25) is 5.91 Å². The normalized spacial score (nSPS) is 10.2. The third-order valence-corrected chi connectivity index (χ3v) is 3.34. The molecule has 0 aliphatic heterocycles. The fourth-order valence-electron chi connectivity index (χ4n) is 2.27. The predicted molar refractivity (Wildman–Crippen MR) is 92.7 cm³/mol. The van der Waals surface area contributed by atoms with E-state index in [1.165, 1.54) is 5.39 Å². The molecular formula is C17H23ClN2O2. The molecule has 0 unspecified atom stereocenters. The molecule has 0 aliphatic rings. The maximum Gasteiger partial charge on any atom is 0.224 e. The van der Waals surface area contributed by atoms with E-state index in [1.807, 2.05) is 24.3 Å². The zero-order valence-corrected chi connectivity index (χ0v) is 13.6. The van der Waals surface area contributed by atoms with E-state index in [0.29, 0.717) is 19.6 Å². The molecule has 22 heavy (non-hydrogen) atoms. The van der Waals surface area contributed by atoms with E-state index in [2.05, 4.69) is 28.8 Å². The van der Waals surface area contributed by atoms with Crippen molar-refractivity contribution in [2.45, 2.75) is 6.42 Å². The van der Waals surface area contributed by atoms with Gasteiger partial charge in [0.1, 0.15) is 0 Å². The van der Waals surface area contributed by atoms with E-state index in [9.17, 15) is 4.79 Å². The lowest BCUT2D eigenvalue weighted by molar-refractivity contribution is -0.120. The number of carbonyl (C=O) groups is 1. The number of nitrogens with one attached hydrogen (secondary N) is 2. The van der Waals surface area contributed by atoms with Crippen LogP contribution in [-0.2, 0) is 16.0 Å². The highest BCUT2D eigenvalue weighted by Crippen LogP contribution is 2.18. The lowest BCUT2D eigenvalue weighted by Crippen LogP contribution is -2.33. The average molecular weight is 323 g/mol. The Morgan fingerprint density at radius 1 is 1.05 bits per heavy atom. The van der Waals surface area contributed by atoms with Crippen molar-refractivity contribution in [2.24, 2.45) is 0 Å². The van der Waals surface area contributed by atoms with Gasteiger partial charge in [-0.3, -0.25) is 4.79 Å². The number of carbonyl (C=O) groups excluding carboxylic acids is 1. The Balaban J connectivity index is 0.00000242. The molecule has 1 amide bonds. The van der Waals surface area contributed by atoms with Crippen LogP contribution in [-0.4, -0.2) is 39.3 Å². The first-order chi connectivity index (χ1) is 10.3. The summed E-state index contributed by atoms with van der Waals surface area (Å²) in [5, 5.41) is 8.44. The third kappa shape index (κ3) is 5.64. The second kappa shape index (κ2) is 10.2. The van der Waals surface area contributed by atoms with Gasteiger partial charge in [-0.25, -0.2) is 0 Å². The van der Waals surface area contributed by atoms with E-state index in [4.69, 9.17) is 4.74 Å². The molecule has 0 radical (unpaired) electrons. The predicted octanol–water partition coefficient (Wildman–Crippen LogP) is 2.16. The molecule has 120 valence electrons. The molecule has 0 atom stereocenters. The SMILES string of the molecule is COCCNCCNC(=O)Cc1cccc2ccccc12.Cl. The van der Waals surface area contributed by atoms with Crippen LogP contribution in [0.3, 0.4) is 0 Å². The molecule has 0 aliphatic carbocycles. The second-order valence-corrected chi connectivity index (χ2v) is 4.91. The summed E-state index contributed by atoms with van der Waals surface area (Å²) < 4.78 is 4.94. The molecule has 0 fully saturated rings. The minimum absolute atomic E-state index is 0. The molecule has 2 aromatic rings. The van der Waals surface area contributed by atoms with Crippen molar-refractivity contribution >= 4 is 29.1 Å². The Bertz CT molecular complexity index is 584. The fourth-order valence-corrected chi connectivity index (χ4v) is 2.27. The van der Waals surface area contributed by atoms with Crippen LogP contribution in [0.2, 0.25) is 0 Å². The largest absolute Gasteiger partial charge is 0.383 e. The van der Waals surface area contributed by atoms with E-state index in [0.717, 1.165) is 24.0 Å². The van der Waals surface area contributed by atoms with E-state index in [-0.39, 0.29) is 18.3 Å². The smallest absolute Gasteiger partial charge is 0.224 e. The van der Waals surface area contributed by atoms with Gasteiger partial charge in [-0.15, -0.1) is 12.4 Å². The van der Waals surface area contributed by atoms with Gasteiger partial charge in [-0.1, -0.05) is 42.5 Å². The number of hydrogen-bond acceptors (Lipinski definition) is 3. The second-order valence-electron chi connectivity index (χ2n) is 4.91. The molecule has 0 heterocycles. The van der Waals surface area contributed by atoms with Gasteiger partial charge in [-0.2, -0.15) is 0 Å². The van der Waals surface area contributed by atoms with Crippen molar-refractivity contribution in [1.29, 1.82) is 0 Å². The van der Waals surface area contributed by atoms with Gasteiger partial charge in [0.05, 0.1) is 13.0 Å². The van der Waals surface area contributed by atoms with Crippen molar-refractivity contribution in [2.75, 3.05) is 33.4 Å². The first-order valence-electron chi connectivity index (χ1n) is 7.24. The van der Waals surface area contributed by atoms with Crippen LogP contribution >= 0.6 is 12.4 Å². The standard InChI is InChI=1S/C17H22N2O2.ClH/c1-21-12-11-18-9-10-19-17(20)13-15-7-4-6-14-5-2-3-8-16(14)15;/h2-8,18H,9-13H2,1H3,(H,19,20);1H. The number of fused-ring (bicyclic) bond motifs is 1. The molecule has 0 saturated carbocycles. The summed E-state index contributed by atoms with van der Waals surface area (Å²) in [7, 11) is 1.67. The summed E-state index contributed by atoms with van der Waals surface area (Å²) in [6, 6.07) is 14.2. The molecule has 4 nitrogen and oxygen atoms in total. The van der Waals surface area contributed by atoms with Crippen molar-refractivity contribution in [3.05, 3.63) is 48.0 Å². The summed E-state index contributed by atoms with van der Waals surface area (Å²) in [6.07, 6.45) is 0.416.